The Bertz CT molecular complexity index is 186. The molecule has 3 nitrogen and oxygen atoms in total. The molecule has 1 saturated heterocycles. The molecule has 0 spiro atoms. The lowest BCUT2D eigenvalue weighted by atomic mass is 9.86. The highest BCUT2D eigenvalue weighted by Crippen LogP contribution is 2.42. The van der Waals surface area contributed by atoms with Gasteiger partial charge in [-0.3, -0.25) is 0 Å². The van der Waals surface area contributed by atoms with E-state index in [1.54, 1.807) is 0 Å². The molecule has 82 valence electrons. The molecule has 4 N–H and O–H groups in total. The van der Waals surface area contributed by atoms with Gasteiger partial charge in [-0.25, -0.2) is 0 Å². The van der Waals surface area contributed by atoms with E-state index < -0.39 is 5.60 Å². The van der Waals surface area contributed by atoms with Gasteiger partial charge < -0.3 is 16.2 Å². The van der Waals surface area contributed by atoms with Gasteiger partial charge in [-0.05, 0) is 38.1 Å². The van der Waals surface area contributed by atoms with Crippen LogP contribution in [0.3, 0.4) is 0 Å². The molecule has 0 bridgehead atoms. The van der Waals surface area contributed by atoms with Crippen LogP contribution in [0.2, 0.25) is 0 Å². The van der Waals surface area contributed by atoms with Crippen LogP contribution in [-0.2, 0) is 0 Å². The van der Waals surface area contributed by atoms with Gasteiger partial charge in [0.05, 0.1) is 5.60 Å². The molecule has 1 aliphatic heterocycles. The molecular formula is C11H22N2O. The van der Waals surface area contributed by atoms with Crippen LogP contribution < -0.4 is 11.1 Å². The van der Waals surface area contributed by atoms with Crippen molar-refractivity contribution in [3.8, 4) is 0 Å². The molecule has 0 amide bonds. The van der Waals surface area contributed by atoms with Gasteiger partial charge in [0.1, 0.15) is 0 Å². The third-order valence-corrected chi connectivity index (χ3v) is 3.78. The summed E-state index contributed by atoms with van der Waals surface area (Å²) in [5.41, 5.74) is 5.12. The van der Waals surface area contributed by atoms with E-state index >= 15 is 0 Å². The van der Waals surface area contributed by atoms with Crippen molar-refractivity contribution in [1.29, 1.82) is 0 Å². The maximum Gasteiger partial charge on any atom is 0.0949 e. The third kappa shape index (κ3) is 1.95. The molecule has 1 aliphatic carbocycles. The molecule has 2 unspecified atom stereocenters. The summed E-state index contributed by atoms with van der Waals surface area (Å²) in [7, 11) is 0. The molecule has 2 atom stereocenters. The molecule has 0 aromatic rings. The van der Waals surface area contributed by atoms with Gasteiger partial charge in [-0.15, -0.1) is 0 Å². The van der Waals surface area contributed by atoms with Crippen molar-refractivity contribution in [3.63, 3.8) is 0 Å². The van der Waals surface area contributed by atoms with E-state index in [1.165, 1.54) is 19.3 Å². The van der Waals surface area contributed by atoms with Crippen LogP contribution in [0.15, 0.2) is 0 Å². The smallest absolute Gasteiger partial charge is 0.0949 e. The summed E-state index contributed by atoms with van der Waals surface area (Å²) in [5, 5.41) is 14.0. The maximum atomic E-state index is 10.5. The molecule has 0 radical (unpaired) electrons. The zero-order valence-electron chi connectivity index (χ0n) is 8.84. The van der Waals surface area contributed by atoms with Crippen molar-refractivity contribution in [2.75, 3.05) is 13.1 Å². The van der Waals surface area contributed by atoms with Gasteiger partial charge in [-0.2, -0.15) is 0 Å². The number of hydrogen-bond acceptors (Lipinski definition) is 3. The predicted molar refractivity (Wildman–Crippen MR) is 57.0 cm³/mol. The molecule has 2 rings (SSSR count). The van der Waals surface area contributed by atoms with Crippen LogP contribution in [0.5, 0.6) is 0 Å². The maximum absolute atomic E-state index is 10.5. The van der Waals surface area contributed by atoms with Gasteiger partial charge in [-0.1, -0.05) is 12.8 Å². The second kappa shape index (κ2) is 4.17. The first-order valence-electron chi connectivity index (χ1n) is 5.93. The fourth-order valence-electron chi connectivity index (χ4n) is 2.63. The van der Waals surface area contributed by atoms with Crippen LogP contribution in [-0.4, -0.2) is 29.8 Å². The minimum Gasteiger partial charge on any atom is -0.387 e. The van der Waals surface area contributed by atoms with Crippen LogP contribution in [0.4, 0.5) is 0 Å². The van der Waals surface area contributed by atoms with E-state index in [2.05, 4.69) is 5.32 Å². The summed E-state index contributed by atoms with van der Waals surface area (Å²) < 4.78 is 0. The van der Waals surface area contributed by atoms with Crippen molar-refractivity contribution < 1.29 is 5.11 Å². The summed E-state index contributed by atoms with van der Waals surface area (Å²) in [5.74, 6) is 0.461. The van der Waals surface area contributed by atoms with Crippen molar-refractivity contribution in [3.05, 3.63) is 0 Å². The fraction of sp³-hybridized carbons (Fsp3) is 1.00. The molecule has 0 aromatic carbocycles. The van der Waals surface area contributed by atoms with Gasteiger partial charge >= 0.3 is 0 Å². The zero-order valence-corrected chi connectivity index (χ0v) is 8.84. The van der Waals surface area contributed by atoms with Crippen LogP contribution >= 0.6 is 0 Å². The Morgan fingerprint density at radius 3 is 2.64 bits per heavy atom. The number of aliphatic hydroxyl groups is 1. The van der Waals surface area contributed by atoms with Gasteiger partial charge in [0, 0.05) is 12.6 Å². The minimum atomic E-state index is -0.621. The summed E-state index contributed by atoms with van der Waals surface area (Å²) >= 11 is 0. The quantitative estimate of drug-likeness (QED) is 0.623. The zero-order chi connectivity index (χ0) is 10.0. The highest BCUT2D eigenvalue weighted by atomic mass is 16.3. The Balaban J connectivity index is 2.01. The second-order valence-electron chi connectivity index (χ2n) is 4.83. The summed E-state index contributed by atoms with van der Waals surface area (Å²) in [6, 6.07) is 0.238. The van der Waals surface area contributed by atoms with E-state index in [0.29, 0.717) is 12.5 Å². The first-order chi connectivity index (χ1) is 6.77. The lowest BCUT2D eigenvalue weighted by molar-refractivity contribution is -0.0124. The van der Waals surface area contributed by atoms with Crippen molar-refractivity contribution in [1.82, 2.24) is 5.32 Å². The Morgan fingerprint density at radius 2 is 2.00 bits per heavy atom. The van der Waals surface area contributed by atoms with Crippen molar-refractivity contribution in [2.24, 2.45) is 11.7 Å². The molecular weight excluding hydrogens is 176 g/mol. The number of rotatable bonds is 3. The Morgan fingerprint density at radius 1 is 1.21 bits per heavy atom. The van der Waals surface area contributed by atoms with Crippen LogP contribution in [0.1, 0.15) is 38.5 Å². The summed E-state index contributed by atoms with van der Waals surface area (Å²) in [4.78, 5) is 0. The number of nitrogens with two attached hydrogens (primary N) is 1. The molecule has 1 saturated carbocycles. The minimum absolute atomic E-state index is 0.238. The highest BCUT2D eigenvalue weighted by Gasteiger charge is 2.47. The van der Waals surface area contributed by atoms with Crippen molar-refractivity contribution in [2.45, 2.75) is 50.2 Å². The van der Waals surface area contributed by atoms with E-state index in [4.69, 9.17) is 5.73 Å². The lowest BCUT2D eigenvalue weighted by Crippen LogP contribution is -2.56. The Labute approximate surface area is 86.1 Å². The lowest BCUT2D eigenvalue weighted by Gasteiger charge is -2.35. The Hall–Kier alpha value is -0.120. The summed E-state index contributed by atoms with van der Waals surface area (Å²) in [6.45, 7) is 1.45. The van der Waals surface area contributed by atoms with Gasteiger partial charge in [0.2, 0.25) is 0 Å². The highest BCUT2D eigenvalue weighted by molar-refractivity contribution is 5.03. The Kier molecular flexibility index (Phi) is 3.10. The first kappa shape index (κ1) is 10.4. The normalized spacial score (nSPS) is 33.4. The molecule has 2 aliphatic rings. The van der Waals surface area contributed by atoms with Crippen molar-refractivity contribution >= 4 is 0 Å². The van der Waals surface area contributed by atoms with Gasteiger partial charge in [0.15, 0.2) is 0 Å². The molecule has 0 aromatic heterocycles. The van der Waals surface area contributed by atoms with Gasteiger partial charge in [0.25, 0.3) is 0 Å². The molecule has 2 fully saturated rings. The van der Waals surface area contributed by atoms with Crippen LogP contribution in [0, 0.1) is 5.92 Å². The average molecular weight is 198 g/mol. The molecule has 3 heteroatoms. The third-order valence-electron chi connectivity index (χ3n) is 3.78. The standard InChI is InChI=1S/C11H22N2O/c12-8-11(14,9-5-6-9)10-4-2-1-3-7-13-10/h9-10,13-14H,1-8,12H2. The second-order valence-corrected chi connectivity index (χ2v) is 4.83. The SMILES string of the molecule is NCC(O)(C1CC1)C1CCCCCN1. The summed E-state index contributed by atoms with van der Waals surface area (Å²) in [6.07, 6.45) is 7.16. The fourth-order valence-corrected chi connectivity index (χ4v) is 2.63. The number of nitrogens with one attached hydrogen (secondary N) is 1. The molecule has 1 heterocycles. The van der Waals surface area contributed by atoms with E-state index in [1.807, 2.05) is 0 Å². The average Bonchev–Trinajstić information content (AvgIpc) is 3.03. The van der Waals surface area contributed by atoms with Crippen LogP contribution in [0.25, 0.3) is 0 Å². The van der Waals surface area contributed by atoms with E-state index in [-0.39, 0.29) is 6.04 Å². The predicted octanol–water partition coefficient (Wildman–Crippen LogP) is 0.618. The number of hydrogen-bond donors (Lipinski definition) is 3. The monoisotopic (exact) mass is 198 g/mol. The van der Waals surface area contributed by atoms with E-state index in [9.17, 15) is 5.11 Å². The first-order valence-corrected chi connectivity index (χ1v) is 5.93. The molecule has 14 heavy (non-hydrogen) atoms. The topological polar surface area (TPSA) is 58.3 Å². The van der Waals surface area contributed by atoms with E-state index in [0.717, 1.165) is 25.8 Å². The largest absolute Gasteiger partial charge is 0.387 e.